The zero-order chi connectivity index (χ0) is 17.2. The van der Waals surface area contributed by atoms with E-state index in [1.165, 1.54) is 5.56 Å². The molecule has 0 unspecified atom stereocenters. The van der Waals surface area contributed by atoms with Crippen LogP contribution in [0.2, 0.25) is 0 Å². The average Bonchev–Trinajstić information content (AvgIpc) is 2.61. The lowest BCUT2D eigenvalue weighted by molar-refractivity contribution is 0.0963. The Bertz CT molecular complexity index is 858. The lowest BCUT2D eigenvalue weighted by Gasteiger charge is -2.17. The molecule has 5 nitrogen and oxygen atoms in total. The molecule has 0 saturated heterocycles. The molecule has 2 aromatic carbocycles. The Kier molecular flexibility index (Phi) is 4.57. The normalized spacial score (nSPS) is 13.9. The molecule has 1 amide bonds. The van der Waals surface area contributed by atoms with Crippen LogP contribution >= 0.6 is 0 Å². The molecule has 1 aliphatic rings. The van der Waals surface area contributed by atoms with Crippen molar-refractivity contribution >= 4 is 21.6 Å². The predicted molar refractivity (Wildman–Crippen MR) is 93.7 cm³/mol. The van der Waals surface area contributed by atoms with Crippen molar-refractivity contribution in [1.82, 2.24) is 5.32 Å². The van der Waals surface area contributed by atoms with Crippen molar-refractivity contribution in [3.8, 4) is 0 Å². The highest BCUT2D eigenvalue weighted by atomic mass is 32.2. The van der Waals surface area contributed by atoms with Gasteiger partial charge in [0.1, 0.15) is 0 Å². The molecule has 6 heteroatoms. The average molecular weight is 344 g/mol. The Hall–Kier alpha value is -2.34. The second kappa shape index (κ2) is 6.65. The molecule has 0 heterocycles. The van der Waals surface area contributed by atoms with Gasteiger partial charge < -0.3 is 5.32 Å². The minimum atomic E-state index is -3.64. The van der Waals surface area contributed by atoms with Gasteiger partial charge in [0.2, 0.25) is 0 Å². The summed E-state index contributed by atoms with van der Waals surface area (Å²) in [5, 5.41) is 2.53. The molecule has 0 fully saturated rings. The van der Waals surface area contributed by atoms with Gasteiger partial charge in [0.15, 0.2) is 0 Å². The number of fused-ring (bicyclic) bond motifs is 1. The summed E-state index contributed by atoms with van der Waals surface area (Å²) in [5.41, 5.74) is 3.28. The maximum atomic E-state index is 12.6. The summed E-state index contributed by atoms with van der Waals surface area (Å²) >= 11 is 0. The third-order valence-electron chi connectivity index (χ3n) is 4.26. The third kappa shape index (κ3) is 3.43. The molecule has 0 aromatic heterocycles. The van der Waals surface area contributed by atoms with Crippen LogP contribution in [-0.2, 0) is 22.9 Å². The molecule has 24 heavy (non-hydrogen) atoms. The molecule has 3 rings (SSSR count). The van der Waals surface area contributed by atoms with Gasteiger partial charge in [0.05, 0.1) is 4.90 Å². The first-order valence-electron chi connectivity index (χ1n) is 7.96. The summed E-state index contributed by atoms with van der Waals surface area (Å²) in [5.74, 6) is -0.209. The fraction of sp³-hybridized carbons (Fsp3) is 0.278. The van der Waals surface area contributed by atoms with Gasteiger partial charge in [0.25, 0.3) is 15.9 Å². The summed E-state index contributed by atoms with van der Waals surface area (Å²) in [6.45, 7) is 0. The van der Waals surface area contributed by atoms with Crippen LogP contribution in [0, 0.1) is 0 Å². The number of sulfonamides is 1. The van der Waals surface area contributed by atoms with Crippen molar-refractivity contribution in [3.63, 3.8) is 0 Å². The van der Waals surface area contributed by atoms with E-state index in [4.69, 9.17) is 0 Å². The van der Waals surface area contributed by atoms with Gasteiger partial charge in [0, 0.05) is 18.3 Å². The number of hydrogen-bond donors (Lipinski definition) is 2. The number of carbonyl (C=O) groups is 1. The fourth-order valence-electron chi connectivity index (χ4n) is 2.93. The molecular formula is C18H20N2O3S. The minimum absolute atomic E-state index is 0.209. The molecular weight excluding hydrogens is 324 g/mol. The predicted octanol–water partition coefficient (Wildman–Crippen LogP) is 2.73. The molecule has 0 aliphatic heterocycles. The lowest BCUT2D eigenvalue weighted by Crippen LogP contribution is -2.18. The Morgan fingerprint density at radius 3 is 2.29 bits per heavy atom. The largest absolute Gasteiger partial charge is 0.355 e. The van der Waals surface area contributed by atoms with Crippen molar-refractivity contribution in [1.29, 1.82) is 0 Å². The number of aryl methyl sites for hydroxylation is 2. The second-order valence-corrected chi connectivity index (χ2v) is 7.58. The summed E-state index contributed by atoms with van der Waals surface area (Å²) in [7, 11) is -2.09. The van der Waals surface area contributed by atoms with Crippen LogP contribution in [0.25, 0.3) is 0 Å². The summed E-state index contributed by atoms with van der Waals surface area (Å²) in [4.78, 5) is 11.8. The van der Waals surface area contributed by atoms with Gasteiger partial charge in [-0.05, 0) is 73.2 Å². The van der Waals surface area contributed by atoms with Crippen molar-refractivity contribution < 1.29 is 13.2 Å². The highest BCUT2D eigenvalue weighted by molar-refractivity contribution is 7.92. The molecule has 0 atom stereocenters. The Morgan fingerprint density at radius 1 is 0.958 bits per heavy atom. The Labute approximate surface area is 142 Å². The van der Waals surface area contributed by atoms with Crippen molar-refractivity contribution in [2.75, 3.05) is 11.8 Å². The highest BCUT2D eigenvalue weighted by Gasteiger charge is 2.18. The first kappa shape index (κ1) is 16.5. The zero-order valence-electron chi connectivity index (χ0n) is 13.5. The molecule has 126 valence electrons. The molecule has 0 saturated carbocycles. The maximum absolute atomic E-state index is 12.6. The standard InChI is InChI=1S/C18H20N2O3S/c1-19-18(21)14-6-9-16(10-7-14)20-24(22,23)17-11-8-13-4-2-3-5-15(13)12-17/h6-12,20H,2-5H2,1H3,(H,19,21). The van der Waals surface area contributed by atoms with E-state index in [1.54, 1.807) is 43.4 Å². The van der Waals surface area contributed by atoms with Crippen LogP contribution < -0.4 is 10.0 Å². The van der Waals surface area contributed by atoms with E-state index in [-0.39, 0.29) is 10.8 Å². The van der Waals surface area contributed by atoms with Crippen LogP contribution in [-0.4, -0.2) is 21.4 Å². The minimum Gasteiger partial charge on any atom is -0.355 e. The van der Waals surface area contributed by atoms with E-state index in [2.05, 4.69) is 10.0 Å². The van der Waals surface area contributed by atoms with E-state index >= 15 is 0 Å². The quantitative estimate of drug-likeness (QED) is 0.895. The smallest absolute Gasteiger partial charge is 0.261 e. The van der Waals surface area contributed by atoms with Crippen LogP contribution in [0.3, 0.4) is 0 Å². The number of anilines is 1. The summed E-state index contributed by atoms with van der Waals surface area (Å²) < 4.78 is 27.7. The Morgan fingerprint density at radius 2 is 1.62 bits per heavy atom. The van der Waals surface area contributed by atoms with Crippen LogP contribution in [0.1, 0.15) is 34.3 Å². The van der Waals surface area contributed by atoms with E-state index < -0.39 is 10.0 Å². The number of nitrogens with one attached hydrogen (secondary N) is 2. The second-order valence-electron chi connectivity index (χ2n) is 5.90. The van der Waals surface area contributed by atoms with Crippen LogP contribution in [0.4, 0.5) is 5.69 Å². The molecule has 0 radical (unpaired) electrons. The maximum Gasteiger partial charge on any atom is 0.261 e. The Balaban J connectivity index is 1.82. The van der Waals surface area contributed by atoms with E-state index in [0.717, 1.165) is 31.2 Å². The van der Waals surface area contributed by atoms with E-state index in [9.17, 15) is 13.2 Å². The lowest BCUT2D eigenvalue weighted by atomic mass is 9.92. The molecule has 2 aromatic rings. The van der Waals surface area contributed by atoms with Crippen molar-refractivity contribution in [2.45, 2.75) is 30.6 Å². The first-order chi connectivity index (χ1) is 11.5. The van der Waals surface area contributed by atoms with E-state index in [0.29, 0.717) is 11.3 Å². The SMILES string of the molecule is CNC(=O)c1ccc(NS(=O)(=O)c2ccc3c(c2)CCCC3)cc1. The molecule has 2 N–H and O–H groups in total. The first-order valence-corrected chi connectivity index (χ1v) is 9.45. The third-order valence-corrected chi connectivity index (χ3v) is 5.64. The number of benzene rings is 2. The van der Waals surface area contributed by atoms with Gasteiger partial charge in [-0.2, -0.15) is 0 Å². The molecule has 1 aliphatic carbocycles. The van der Waals surface area contributed by atoms with Crippen LogP contribution in [0.5, 0.6) is 0 Å². The molecule has 0 spiro atoms. The number of carbonyl (C=O) groups excluding carboxylic acids is 1. The highest BCUT2D eigenvalue weighted by Crippen LogP contribution is 2.25. The molecule has 0 bridgehead atoms. The van der Waals surface area contributed by atoms with Gasteiger partial charge >= 0.3 is 0 Å². The van der Waals surface area contributed by atoms with Crippen molar-refractivity contribution in [3.05, 3.63) is 59.2 Å². The fourth-order valence-corrected chi connectivity index (χ4v) is 4.03. The number of hydrogen-bond acceptors (Lipinski definition) is 3. The van der Waals surface area contributed by atoms with Crippen LogP contribution in [0.15, 0.2) is 47.4 Å². The number of amides is 1. The van der Waals surface area contributed by atoms with Gasteiger partial charge in [-0.3, -0.25) is 9.52 Å². The zero-order valence-corrected chi connectivity index (χ0v) is 14.3. The van der Waals surface area contributed by atoms with Gasteiger partial charge in [-0.1, -0.05) is 6.07 Å². The summed E-state index contributed by atoms with van der Waals surface area (Å²) in [6.07, 6.45) is 4.21. The van der Waals surface area contributed by atoms with Gasteiger partial charge in [-0.15, -0.1) is 0 Å². The number of rotatable bonds is 4. The van der Waals surface area contributed by atoms with E-state index in [1.807, 2.05) is 6.07 Å². The van der Waals surface area contributed by atoms with Gasteiger partial charge in [-0.25, -0.2) is 8.42 Å². The summed E-state index contributed by atoms with van der Waals surface area (Å²) in [6, 6.07) is 11.7. The van der Waals surface area contributed by atoms with Crippen molar-refractivity contribution in [2.24, 2.45) is 0 Å². The monoisotopic (exact) mass is 344 g/mol. The topological polar surface area (TPSA) is 75.3 Å².